The fourth-order valence-electron chi connectivity index (χ4n) is 4.26. The number of H-pyrrole nitrogens is 1. The van der Waals surface area contributed by atoms with E-state index in [0.717, 1.165) is 54.0 Å². The van der Waals surface area contributed by atoms with Gasteiger partial charge < -0.3 is 14.6 Å². The van der Waals surface area contributed by atoms with Crippen LogP contribution in [0.4, 0.5) is 5.82 Å². The number of fused-ring (bicyclic) bond motifs is 1. The molecule has 178 valence electrons. The first-order valence-electron chi connectivity index (χ1n) is 11.7. The lowest BCUT2D eigenvalue weighted by Gasteiger charge is -2.37. The molecule has 0 spiro atoms. The normalized spacial score (nSPS) is 17.6. The van der Waals surface area contributed by atoms with Gasteiger partial charge in [-0.05, 0) is 62.6 Å². The molecule has 7 nitrogen and oxygen atoms in total. The van der Waals surface area contributed by atoms with E-state index in [4.69, 9.17) is 14.7 Å². The molecule has 0 amide bonds. The molecule has 4 heterocycles. The van der Waals surface area contributed by atoms with Gasteiger partial charge in [0, 0.05) is 18.5 Å². The van der Waals surface area contributed by atoms with Crippen LogP contribution in [0.1, 0.15) is 51.8 Å². The fourth-order valence-corrected chi connectivity index (χ4v) is 4.81. The molecule has 0 saturated carbocycles. The summed E-state index contributed by atoms with van der Waals surface area (Å²) in [5, 5.41) is 0. The van der Waals surface area contributed by atoms with Crippen molar-refractivity contribution in [2.24, 2.45) is 0 Å². The van der Waals surface area contributed by atoms with Crippen LogP contribution >= 0.6 is 0 Å². The Bertz CT molecular complexity index is 1250. The molecular formula is C25H34N4O3S. The number of pyridine rings is 2. The number of rotatable bonds is 7. The second-order valence-electron chi connectivity index (χ2n) is 9.39. The molecule has 1 N–H and O–H groups in total. The molecule has 1 atom stereocenters. The average Bonchev–Trinajstić information content (AvgIpc) is 3.20. The average molecular weight is 471 g/mol. The van der Waals surface area contributed by atoms with E-state index in [1.807, 2.05) is 24.3 Å². The van der Waals surface area contributed by atoms with Gasteiger partial charge in [-0.1, -0.05) is 20.3 Å². The summed E-state index contributed by atoms with van der Waals surface area (Å²) in [6, 6.07) is 10.1. The quantitative estimate of drug-likeness (QED) is 0.548. The summed E-state index contributed by atoms with van der Waals surface area (Å²) in [7, 11) is -3.35. The minimum atomic E-state index is -3.35. The molecule has 1 saturated heterocycles. The Morgan fingerprint density at radius 2 is 1.94 bits per heavy atom. The number of anilines is 1. The number of ether oxygens (including phenoxy) is 1. The second-order valence-corrected chi connectivity index (χ2v) is 12.0. The van der Waals surface area contributed by atoms with Gasteiger partial charge in [0.25, 0.3) is 0 Å². The number of aromatic amines is 1. The number of nitrogens with zero attached hydrogens (tertiary/aromatic N) is 3. The van der Waals surface area contributed by atoms with Gasteiger partial charge in [0.05, 0.1) is 46.4 Å². The van der Waals surface area contributed by atoms with Gasteiger partial charge in [-0.25, -0.2) is 18.4 Å². The molecule has 3 aromatic heterocycles. The predicted molar refractivity (Wildman–Crippen MR) is 133 cm³/mol. The summed E-state index contributed by atoms with van der Waals surface area (Å²) in [6.45, 7) is 9.77. The first-order chi connectivity index (χ1) is 15.6. The molecule has 1 aliphatic heterocycles. The van der Waals surface area contributed by atoms with E-state index >= 15 is 0 Å². The lowest BCUT2D eigenvalue weighted by Crippen LogP contribution is -2.45. The summed E-state index contributed by atoms with van der Waals surface area (Å²) in [5.41, 5.74) is 5.18. The highest BCUT2D eigenvalue weighted by Crippen LogP contribution is 2.35. The standard InChI is InChI=1S/C25H34N4O3S/c1-6-8-18-15-23-20(26-18)9-10-21(27-23)22-13-17(25(3,4)33(5,30)31)14-24(28-22)29-11-12-32-16-19(29)7-2/h9-10,13-15,19,26H,6-8,11-12,16H2,1-5H3/t19-/m0/s1. The van der Waals surface area contributed by atoms with E-state index in [2.05, 4.69) is 29.8 Å². The summed E-state index contributed by atoms with van der Waals surface area (Å²) in [6.07, 6.45) is 4.24. The number of aryl methyl sites for hydroxylation is 1. The maximum atomic E-state index is 12.7. The van der Waals surface area contributed by atoms with Gasteiger partial charge in [-0.2, -0.15) is 0 Å². The maximum absolute atomic E-state index is 12.7. The molecule has 33 heavy (non-hydrogen) atoms. The van der Waals surface area contributed by atoms with E-state index in [1.54, 1.807) is 13.8 Å². The van der Waals surface area contributed by atoms with Crippen LogP contribution in [-0.2, 0) is 25.7 Å². The van der Waals surface area contributed by atoms with Crippen LogP contribution in [0.3, 0.4) is 0 Å². The lowest BCUT2D eigenvalue weighted by atomic mass is 10.0. The summed E-state index contributed by atoms with van der Waals surface area (Å²) < 4.78 is 30.0. The van der Waals surface area contributed by atoms with Crippen LogP contribution in [0.5, 0.6) is 0 Å². The Morgan fingerprint density at radius 1 is 1.15 bits per heavy atom. The van der Waals surface area contributed by atoms with Gasteiger partial charge >= 0.3 is 0 Å². The van der Waals surface area contributed by atoms with Crippen LogP contribution in [0.2, 0.25) is 0 Å². The van der Waals surface area contributed by atoms with E-state index in [0.29, 0.717) is 24.5 Å². The maximum Gasteiger partial charge on any atom is 0.156 e. The van der Waals surface area contributed by atoms with E-state index in [9.17, 15) is 8.42 Å². The summed E-state index contributed by atoms with van der Waals surface area (Å²) >= 11 is 0. The van der Waals surface area contributed by atoms with Gasteiger partial charge in [0.1, 0.15) is 5.82 Å². The third-order valence-corrected chi connectivity index (χ3v) is 8.83. The smallest absolute Gasteiger partial charge is 0.156 e. The molecule has 4 rings (SSSR count). The zero-order valence-corrected chi connectivity index (χ0v) is 21.0. The molecule has 1 fully saturated rings. The Hall–Kier alpha value is -2.45. The molecule has 0 bridgehead atoms. The zero-order chi connectivity index (χ0) is 23.8. The SMILES string of the molecule is CCCc1cc2nc(-c3cc(C(C)(C)S(C)(=O)=O)cc(N4CCOC[C@@H]4CC)n3)ccc2[nH]1. The van der Waals surface area contributed by atoms with Gasteiger partial charge in [0.15, 0.2) is 9.84 Å². The van der Waals surface area contributed by atoms with Crippen molar-refractivity contribution >= 4 is 26.7 Å². The van der Waals surface area contributed by atoms with E-state index < -0.39 is 14.6 Å². The minimum absolute atomic E-state index is 0.201. The van der Waals surface area contributed by atoms with Crippen LogP contribution in [0.15, 0.2) is 30.3 Å². The van der Waals surface area contributed by atoms with Crippen LogP contribution in [0, 0.1) is 0 Å². The van der Waals surface area contributed by atoms with Gasteiger partial charge in [-0.15, -0.1) is 0 Å². The third-order valence-electron chi connectivity index (χ3n) is 6.74. The number of morpholine rings is 1. The fraction of sp³-hybridized carbons (Fsp3) is 0.520. The Morgan fingerprint density at radius 3 is 2.64 bits per heavy atom. The van der Waals surface area contributed by atoms with Crippen LogP contribution < -0.4 is 4.90 Å². The number of sulfone groups is 1. The molecule has 0 unspecified atom stereocenters. The first-order valence-corrected chi connectivity index (χ1v) is 13.6. The number of hydrogen-bond acceptors (Lipinski definition) is 6. The number of aromatic nitrogens is 3. The monoisotopic (exact) mass is 470 g/mol. The number of nitrogens with one attached hydrogen (secondary N) is 1. The van der Waals surface area contributed by atoms with Crippen LogP contribution in [0.25, 0.3) is 22.4 Å². The molecule has 0 aliphatic carbocycles. The van der Waals surface area contributed by atoms with Gasteiger partial charge in [-0.3, -0.25) is 0 Å². The van der Waals surface area contributed by atoms with Gasteiger partial charge in [0.2, 0.25) is 0 Å². The van der Waals surface area contributed by atoms with Crippen molar-refractivity contribution in [2.45, 2.75) is 57.7 Å². The van der Waals surface area contributed by atoms with Crippen molar-refractivity contribution in [3.05, 3.63) is 41.6 Å². The Balaban J connectivity index is 1.86. The minimum Gasteiger partial charge on any atom is -0.377 e. The summed E-state index contributed by atoms with van der Waals surface area (Å²) in [5.74, 6) is 0.775. The first kappa shape index (κ1) is 23.7. The van der Waals surface area contributed by atoms with Crippen molar-refractivity contribution in [1.29, 1.82) is 0 Å². The van der Waals surface area contributed by atoms with Crippen LogP contribution in [-0.4, -0.2) is 55.4 Å². The molecule has 1 aliphatic rings. The Kier molecular flexibility index (Phi) is 6.51. The van der Waals surface area contributed by atoms with E-state index in [-0.39, 0.29) is 6.04 Å². The largest absolute Gasteiger partial charge is 0.377 e. The predicted octanol–water partition coefficient (Wildman–Crippen LogP) is 4.47. The van der Waals surface area contributed by atoms with Crippen molar-refractivity contribution < 1.29 is 13.2 Å². The third kappa shape index (κ3) is 4.64. The second kappa shape index (κ2) is 9.06. The molecule has 0 radical (unpaired) electrons. The highest BCUT2D eigenvalue weighted by molar-refractivity contribution is 7.91. The number of hydrogen-bond donors (Lipinski definition) is 1. The van der Waals surface area contributed by atoms with Crippen molar-refractivity contribution in [1.82, 2.24) is 15.0 Å². The van der Waals surface area contributed by atoms with Crippen molar-refractivity contribution in [2.75, 3.05) is 30.9 Å². The van der Waals surface area contributed by atoms with Crippen molar-refractivity contribution in [3.8, 4) is 11.4 Å². The van der Waals surface area contributed by atoms with Crippen molar-refractivity contribution in [3.63, 3.8) is 0 Å². The molecule has 0 aromatic carbocycles. The zero-order valence-electron chi connectivity index (χ0n) is 20.2. The lowest BCUT2D eigenvalue weighted by molar-refractivity contribution is 0.0925. The topological polar surface area (TPSA) is 88.2 Å². The summed E-state index contributed by atoms with van der Waals surface area (Å²) in [4.78, 5) is 15.5. The Labute approximate surface area is 196 Å². The molecule has 8 heteroatoms. The highest BCUT2D eigenvalue weighted by Gasteiger charge is 2.34. The molecular weight excluding hydrogens is 436 g/mol. The molecule has 3 aromatic rings. The van der Waals surface area contributed by atoms with E-state index in [1.165, 1.54) is 6.26 Å². The highest BCUT2D eigenvalue weighted by atomic mass is 32.2.